The summed E-state index contributed by atoms with van der Waals surface area (Å²) in [6.45, 7) is 3.14. The van der Waals surface area contributed by atoms with Gasteiger partial charge in [0.15, 0.2) is 11.5 Å². The average molecular weight is 284 g/mol. The fourth-order valence-corrected chi connectivity index (χ4v) is 2.44. The van der Waals surface area contributed by atoms with Gasteiger partial charge in [-0.25, -0.2) is 0 Å². The van der Waals surface area contributed by atoms with Gasteiger partial charge in [0.25, 0.3) is 0 Å². The Hall–Kier alpha value is -2.36. The van der Waals surface area contributed by atoms with E-state index in [-0.39, 0.29) is 0 Å². The van der Waals surface area contributed by atoms with Crippen LogP contribution < -0.4 is 19.7 Å². The summed E-state index contributed by atoms with van der Waals surface area (Å²) in [6, 6.07) is 12.4. The van der Waals surface area contributed by atoms with Crippen molar-refractivity contribution in [3.05, 3.63) is 47.5 Å². The second kappa shape index (κ2) is 5.56. The molecule has 4 nitrogen and oxygen atoms in total. The topological polar surface area (TPSA) is 33.7 Å². The molecule has 0 spiro atoms. The molecule has 0 amide bonds. The van der Waals surface area contributed by atoms with Crippen molar-refractivity contribution in [2.75, 3.05) is 31.1 Å². The number of nitrogens with one attached hydrogen (secondary N) is 1. The standard InChI is InChI=1S/C17H20N2O2/c1-12-9-14(19(2)3)7-8-15(12)18-10-13-5-4-6-16-17(13)21-11-20-16/h4-9,18H,10-11H2,1-3H3. The van der Waals surface area contributed by atoms with Crippen LogP contribution in [0.3, 0.4) is 0 Å². The number of anilines is 2. The summed E-state index contributed by atoms with van der Waals surface area (Å²) < 4.78 is 10.9. The van der Waals surface area contributed by atoms with E-state index in [9.17, 15) is 0 Å². The minimum absolute atomic E-state index is 0.308. The van der Waals surface area contributed by atoms with Crippen LogP contribution in [-0.4, -0.2) is 20.9 Å². The number of aryl methyl sites for hydroxylation is 1. The zero-order chi connectivity index (χ0) is 14.8. The van der Waals surface area contributed by atoms with Crippen LogP contribution in [-0.2, 0) is 6.54 Å². The maximum atomic E-state index is 5.53. The molecule has 0 bridgehead atoms. The van der Waals surface area contributed by atoms with Crippen molar-refractivity contribution in [2.45, 2.75) is 13.5 Å². The van der Waals surface area contributed by atoms with Crippen molar-refractivity contribution >= 4 is 11.4 Å². The highest BCUT2D eigenvalue weighted by atomic mass is 16.7. The van der Waals surface area contributed by atoms with Gasteiger partial charge in [-0.05, 0) is 36.8 Å². The predicted molar refractivity (Wildman–Crippen MR) is 85.4 cm³/mol. The van der Waals surface area contributed by atoms with Crippen LogP contribution in [0.4, 0.5) is 11.4 Å². The number of hydrogen-bond donors (Lipinski definition) is 1. The summed E-state index contributed by atoms with van der Waals surface area (Å²) in [5, 5.41) is 3.47. The van der Waals surface area contributed by atoms with Crippen molar-refractivity contribution in [1.82, 2.24) is 0 Å². The molecule has 110 valence electrons. The molecule has 0 fully saturated rings. The van der Waals surface area contributed by atoms with Gasteiger partial charge in [0.05, 0.1) is 0 Å². The van der Waals surface area contributed by atoms with Gasteiger partial charge >= 0.3 is 0 Å². The Kier molecular flexibility index (Phi) is 3.60. The number of rotatable bonds is 4. The van der Waals surface area contributed by atoms with Gasteiger partial charge < -0.3 is 19.7 Å². The lowest BCUT2D eigenvalue weighted by Gasteiger charge is -2.16. The molecule has 1 aliphatic rings. The van der Waals surface area contributed by atoms with Gasteiger partial charge in [-0.1, -0.05) is 12.1 Å². The maximum absolute atomic E-state index is 5.53. The molecular weight excluding hydrogens is 264 g/mol. The predicted octanol–water partition coefficient (Wildman–Crippen LogP) is 3.40. The van der Waals surface area contributed by atoms with Gasteiger partial charge in [0.2, 0.25) is 6.79 Å². The van der Waals surface area contributed by atoms with Gasteiger partial charge in [0.1, 0.15) is 0 Å². The van der Waals surface area contributed by atoms with Gasteiger partial charge in [-0.15, -0.1) is 0 Å². The lowest BCUT2D eigenvalue weighted by atomic mass is 10.1. The van der Waals surface area contributed by atoms with Crippen LogP contribution in [0.15, 0.2) is 36.4 Å². The highest BCUT2D eigenvalue weighted by Gasteiger charge is 2.16. The molecule has 0 saturated carbocycles. The molecule has 3 rings (SSSR count). The van der Waals surface area contributed by atoms with Crippen molar-refractivity contribution in [3.8, 4) is 11.5 Å². The van der Waals surface area contributed by atoms with Crippen LogP contribution in [0.5, 0.6) is 11.5 Å². The van der Waals surface area contributed by atoms with E-state index < -0.39 is 0 Å². The fourth-order valence-electron chi connectivity index (χ4n) is 2.44. The zero-order valence-electron chi connectivity index (χ0n) is 12.6. The first kappa shape index (κ1) is 13.6. The number of hydrogen-bond acceptors (Lipinski definition) is 4. The molecule has 1 N–H and O–H groups in total. The average Bonchev–Trinajstić information content (AvgIpc) is 2.94. The minimum Gasteiger partial charge on any atom is -0.454 e. The third kappa shape index (κ3) is 2.75. The molecule has 0 saturated heterocycles. The molecule has 2 aromatic carbocycles. The minimum atomic E-state index is 0.308. The van der Waals surface area contributed by atoms with Crippen LogP contribution in [0, 0.1) is 6.92 Å². The molecule has 0 radical (unpaired) electrons. The number of benzene rings is 2. The molecular formula is C17H20N2O2. The molecule has 0 aliphatic carbocycles. The first-order valence-corrected chi connectivity index (χ1v) is 7.04. The third-order valence-corrected chi connectivity index (χ3v) is 3.67. The number of para-hydroxylation sites is 1. The van der Waals surface area contributed by atoms with Crippen molar-refractivity contribution in [1.29, 1.82) is 0 Å². The quantitative estimate of drug-likeness (QED) is 0.933. The lowest BCUT2D eigenvalue weighted by Crippen LogP contribution is -2.09. The van der Waals surface area contributed by atoms with Gasteiger partial charge in [-0.3, -0.25) is 0 Å². The summed E-state index contributed by atoms with van der Waals surface area (Å²) >= 11 is 0. The van der Waals surface area contributed by atoms with Gasteiger partial charge in [0, 0.05) is 37.6 Å². The summed E-state index contributed by atoms with van der Waals surface area (Å²) in [7, 11) is 4.10. The van der Waals surface area contributed by atoms with E-state index in [1.165, 1.54) is 11.3 Å². The first-order valence-electron chi connectivity index (χ1n) is 7.04. The van der Waals surface area contributed by atoms with Gasteiger partial charge in [-0.2, -0.15) is 0 Å². The van der Waals surface area contributed by atoms with Crippen molar-refractivity contribution < 1.29 is 9.47 Å². The first-order chi connectivity index (χ1) is 10.1. The lowest BCUT2D eigenvalue weighted by molar-refractivity contribution is 0.173. The zero-order valence-corrected chi connectivity index (χ0v) is 12.6. The highest BCUT2D eigenvalue weighted by molar-refractivity contribution is 5.60. The Morgan fingerprint density at radius 2 is 2.00 bits per heavy atom. The Bertz CT molecular complexity index is 653. The molecule has 0 unspecified atom stereocenters. The van der Waals surface area contributed by atoms with E-state index in [2.05, 4.69) is 41.4 Å². The van der Waals surface area contributed by atoms with Crippen LogP contribution in [0.1, 0.15) is 11.1 Å². The molecule has 21 heavy (non-hydrogen) atoms. The Balaban J connectivity index is 1.75. The summed E-state index contributed by atoms with van der Waals surface area (Å²) in [5.74, 6) is 1.68. The molecule has 4 heteroatoms. The van der Waals surface area contributed by atoms with Crippen LogP contribution >= 0.6 is 0 Å². The number of nitrogens with zero attached hydrogens (tertiary/aromatic N) is 1. The Labute approximate surface area is 125 Å². The van der Waals surface area contributed by atoms with Crippen LogP contribution in [0.2, 0.25) is 0 Å². The smallest absolute Gasteiger partial charge is 0.231 e. The Morgan fingerprint density at radius 1 is 1.14 bits per heavy atom. The van der Waals surface area contributed by atoms with Crippen molar-refractivity contribution in [2.24, 2.45) is 0 Å². The molecule has 1 heterocycles. The number of ether oxygens (including phenoxy) is 2. The second-order valence-electron chi connectivity index (χ2n) is 5.40. The normalized spacial score (nSPS) is 12.3. The van der Waals surface area contributed by atoms with E-state index in [0.29, 0.717) is 13.3 Å². The molecule has 0 aromatic heterocycles. The van der Waals surface area contributed by atoms with E-state index in [1.54, 1.807) is 0 Å². The molecule has 0 atom stereocenters. The maximum Gasteiger partial charge on any atom is 0.231 e. The summed E-state index contributed by atoms with van der Waals surface area (Å²) in [6.07, 6.45) is 0. The molecule has 2 aromatic rings. The van der Waals surface area contributed by atoms with E-state index in [4.69, 9.17) is 9.47 Å². The number of fused-ring (bicyclic) bond motifs is 1. The van der Waals surface area contributed by atoms with Crippen LogP contribution in [0.25, 0.3) is 0 Å². The molecule has 1 aliphatic heterocycles. The largest absolute Gasteiger partial charge is 0.454 e. The summed E-state index contributed by atoms with van der Waals surface area (Å²) in [5.41, 5.74) is 4.68. The second-order valence-corrected chi connectivity index (χ2v) is 5.40. The van der Waals surface area contributed by atoms with Crippen molar-refractivity contribution in [3.63, 3.8) is 0 Å². The Morgan fingerprint density at radius 3 is 2.76 bits per heavy atom. The SMILES string of the molecule is Cc1cc(N(C)C)ccc1NCc1cccc2c1OCO2. The fraction of sp³-hybridized carbons (Fsp3) is 0.294. The third-order valence-electron chi connectivity index (χ3n) is 3.67. The summed E-state index contributed by atoms with van der Waals surface area (Å²) in [4.78, 5) is 2.10. The van der Waals surface area contributed by atoms with E-state index in [1.807, 2.05) is 26.2 Å². The monoisotopic (exact) mass is 284 g/mol. The highest BCUT2D eigenvalue weighted by Crippen LogP contribution is 2.35. The van der Waals surface area contributed by atoms with E-state index in [0.717, 1.165) is 22.7 Å². The van der Waals surface area contributed by atoms with E-state index >= 15 is 0 Å².